The number of amides is 1. The van der Waals surface area contributed by atoms with Crippen molar-refractivity contribution in [1.82, 2.24) is 15.2 Å². The van der Waals surface area contributed by atoms with E-state index < -0.39 is 5.54 Å². The Hall–Kier alpha value is -3.70. The van der Waals surface area contributed by atoms with Gasteiger partial charge >= 0.3 is 0 Å². The molecule has 0 aliphatic carbocycles. The predicted molar refractivity (Wildman–Crippen MR) is 136 cm³/mol. The lowest BCUT2D eigenvalue weighted by atomic mass is 9.85. The summed E-state index contributed by atoms with van der Waals surface area (Å²) in [7, 11) is 0. The Morgan fingerprint density at radius 2 is 1.62 bits per heavy atom. The number of hydrogen-bond donors (Lipinski definition) is 1. The molecule has 2 aliphatic heterocycles. The first-order valence-corrected chi connectivity index (χ1v) is 12.0. The maximum Gasteiger partial charge on any atom is 0.247 e. The van der Waals surface area contributed by atoms with Crippen molar-refractivity contribution >= 4 is 22.5 Å². The molecule has 2 aliphatic rings. The van der Waals surface area contributed by atoms with Gasteiger partial charge in [0.15, 0.2) is 0 Å². The highest BCUT2D eigenvalue weighted by Gasteiger charge is 2.50. The van der Waals surface area contributed by atoms with Gasteiger partial charge in [-0.3, -0.25) is 14.7 Å². The number of fused-ring (bicyclic) bond motifs is 1. The van der Waals surface area contributed by atoms with Gasteiger partial charge in [-0.05, 0) is 48.2 Å². The van der Waals surface area contributed by atoms with Crippen molar-refractivity contribution in [2.75, 3.05) is 24.7 Å². The molecule has 1 N–H and O–H groups in total. The average Bonchev–Trinajstić information content (AvgIpc) is 3.21. The molecule has 0 saturated carbocycles. The van der Waals surface area contributed by atoms with Crippen LogP contribution in [0, 0.1) is 0 Å². The maximum atomic E-state index is 13.0. The first-order valence-electron chi connectivity index (χ1n) is 12.0. The number of carbonyl (C=O) groups is 1. The minimum absolute atomic E-state index is 0.165. The van der Waals surface area contributed by atoms with Crippen molar-refractivity contribution in [1.29, 1.82) is 0 Å². The van der Waals surface area contributed by atoms with Crippen LogP contribution in [0.15, 0.2) is 91.1 Å². The SMILES string of the molecule is O=C1NCN(c2ccccc2)C12CCN(Cc1ccccc1-c1cnc3ccccc3c1)CC2. The first kappa shape index (κ1) is 20.9. The van der Waals surface area contributed by atoms with Crippen LogP contribution in [0.5, 0.6) is 0 Å². The van der Waals surface area contributed by atoms with Crippen LogP contribution in [0.25, 0.3) is 22.0 Å². The molecule has 1 amide bonds. The van der Waals surface area contributed by atoms with Crippen molar-refractivity contribution in [3.63, 3.8) is 0 Å². The number of aromatic nitrogens is 1. The van der Waals surface area contributed by atoms with Gasteiger partial charge in [-0.25, -0.2) is 0 Å². The monoisotopic (exact) mass is 448 g/mol. The molecule has 34 heavy (non-hydrogen) atoms. The van der Waals surface area contributed by atoms with Crippen LogP contribution in [-0.2, 0) is 11.3 Å². The van der Waals surface area contributed by atoms with Gasteiger partial charge in [-0.1, -0.05) is 60.7 Å². The van der Waals surface area contributed by atoms with E-state index in [-0.39, 0.29) is 5.91 Å². The lowest BCUT2D eigenvalue weighted by molar-refractivity contribution is -0.125. The number of anilines is 1. The zero-order valence-corrected chi connectivity index (χ0v) is 19.2. The molecule has 2 saturated heterocycles. The summed E-state index contributed by atoms with van der Waals surface area (Å²) in [6.07, 6.45) is 3.63. The van der Waals surface area contributed by atoms with Gasteiger partial charge in [0.25, 0.3) is 0 Å². The number of hydrogen-bond acceptors (Lipinski definition) is 4. The van der Waals surface area contributed by atoms with Crippen molar-refractivity contribution in [3.8, 4) is 11.1 Å². The van der Waals surface area contributed by atoms with Gasteiger partial charge in [0, 0.05) is 42.5 Å². The predicted octanol–water partition coefficient (Wildman–Crippen LogP) is 4.83. The maximum absolute atomic E-state index is 13.0. The van der Waals surface area contributed by atoms with Crippen molar-refractivity contribution in [3.05, 3.63) is 96.7 Å². The number of para-hydroxylation sites is 2. The van der Waals surface area contributed by atoms with Gasteiger partial charge in [0.05, 0.1) is 12.2 Å². The number of pyridine rings is 1. The highest BCUT2D eigenvalue weighted by Crippen LogP contribution is 2.37. The third-order valence-electron chi connectivity index (χ3n) is 7.40. The second kappa shape index (κ2) is 8.58. The molecule has 2 fully saturated rings. The van der Waals surface area contributed by atoms with Crippen LogP contribution < -0.4 is 10.2 Å². The lowest BCUT2D eigenvalue weighted by Crippen LogP contribution is -2.56. The summed E-state index contributed by atoms with van der Waals surface area (Å²) < 4.78 is 0. The summed E-state index contributed by atoms with van der Waals surface area (Å²) in [5, 5.41) is 4.26. The third-order valence-corrected chi connectivity index (χ3v) is 7.40. The molecule has 1 aromatic heterocycles. The molecule has 1 spiro atoms. The largest absolute Gasteiger partial charge is 0.339 e. The summed E-state index contributed by atoms with van der Waals surface area (Å²) in [5.41, 5.74) is 5.36. The minimum atomic E-state index is -0.445. The van der Waals surface area contributed by atoms with E-state index >= 15 is 0 Å². The van der Waals surface area contributed by atoms with Crippen LogP contribution >= 0.6 is 0 Å². The second-order valence-electron chi connectivity index (χ2n) is 9.31. The summed E-state index contributed by atoms with van der Waals surface area (Å²) in [6, 6.07) is 29.4. The molecule has 5 heteroatoms. The number of carbonyl (C=O) groups excluding carboxylic acids is 1. The summed E-state index contributed by atoms with van der Waals surface area (Å²) in [6.45, 7) is 3.23. The number of rotatable bonds is 4. The highest BCUT2D eigenvalue weighted by atomic mass is 16.2. The topological polar surface area (TPSA) is 48.5 Å². The molecule has 5 nitrogen and oxygen atoms in total. The molecule has 3 aromatic carbocycles. The third kappa shape index (κ3) is 3.62. The Kier molecular flexibility index (Phi) is 5.27. The summed E-state index contributed by atoms with van der Waals surface area (Å²) in [4.78, 5) is 22.4. The van der Waals surface area contributed by atoms with E-state index in [1.165, 1.54) is 11.1 Å². The Labute approximate surface area is 200 Å². The number of benzene rings is 3. The van der Waals surface area contributed by atoms with Gasteiger partial charge in [0.2, 0.25) is 5.91 Å². The Balaban J connectivity index is 1.22. The number of piperidine rings is 1. The smallest absolute Gasteiger partial charge is 0.247 e. The van der Waals surface area contributed by atoms with E-state index in [4.69, 9.17) is 0 Å². The number of nitrogens with zero attached hydrogens (tertiary/aromatic N) is 3. The van der Waals surface area contributed by atoms with Crippen LogP contribution in [-0.4, -0.2) is 41.1 Å². The van der Waals surface area contributed by atoms with E-state index in [2.05, 4.69) is 74.7 Å². The zero-order valence-electron chi connectivity index (χ0n) is 19.2. The Morgan fingerprint density at radius 3 is 2.47 bits per heavy atom. The van der Waals surface area contributed by atoms with Crippen LogP contribution in [0.4, 0.5) is 5.69 Å². The molecule has 3 heterocycles. The number of nitrogens with one attached hydrogen (secondary N) is 1. The summed E-state index contributed by atoms with van der Waals surface area (Å²) >= 11 is 0. The standard InChI is InChI=1S/C29H28N4O/c34-28-29(33(21-31-28)25-10-2-1-3-11-25)14-16-32(17-15-29)20-23-9-4-6-12-26(23)24-18-22-8-5-7-13-27(22)30-19-24/h1-13,18-19H,14-17,20-21H2,(H,31,34). The zero-order chi connectivity index (χ0) is 23.0. The van der Waals surface area contributed by atoms with Gasteiger partial charge < -0.3 is 10.2 Å². The van der Waals surface area contributed by atoms with Gasteiger partial charge in [-0.15, -0.1) is 0 Å². The fourth-order valence-corrected chi connectivity index (χ4v) is 5.51. The van der Waals surface area contributed by atoms with E-state index in [1.807, 2.05) is 36.5 Å². The van der Waals surface area contributed by atoms with E-state index in [0.29, 0.717) is 6.67 Å². The normalized spacial score (nSPS) is 17.9. The fourth-order valence-electron chi connectivity index (χ4n) is 5.51. The Morgan fingerprint density at radius 1 is 0.882 bits per heavy atom. The van der Waals surface area contributed by atoms with Crippen molar-refractivity contribution in [2.45, 2.75) is 24.9 Å². The lowest BCUT2D eigenvalue weighted by Gasteiger charge is -2.43. The highest BCUT2D eigenvalue weighted by molar-refractivity contribution is 5.93. The fraction of sp³-hybridized carbons (Fsp3) is 0.241. The molecular weight excluding hydrogens is 420 g/mol. The molecule has 6 rings (SSSR count). The van der Waals surface area contributed by atoms with Gasteiger partial charge in [0.1, 0.15) is 5.54 Å². The molecule has 170 valence electrons. The molecule has 4 aromatic rings. The number of likely N-dealkylation sites (tertiary alicyclic amines) is 1. The molecule has 0 unspecified atom stereocenters. The van der Waals surface area contributed by atoms with Crippen LogP contribution in [0.3, 0.4) is 0 Å². The quantitative estimate of drug-likeness (QED) is 0.486. The Bertz CT molecular complexity index is 1330. The van der Waals surface area contributed by atoms with Crippen LogP contribution in [0.2, 0.25) is 0 Å². The van der Waals surface area contributed by atoms with E-state index in [0.717, 1.165) is 54.6 Å². The van der Waals surface area contributed by atoms with Gasteiger partial charge in [-0.2, -0.15) is 0 Å². The van der Waals surface area contributed by atoms with E-state index in [1.54, 1.807) is 0 Å². The molecule has 0 radical (unpaired) electrons. The summed E-state index contributed by atoms with van der Waals surface area (Å²) in [5.74, 6) is 0.165. The molecule has 0 bridgehead atoms. The molecule has 0 atom stereocenters. The second-order valence-corrected chi connectivity index (χ2v) is 9.31. The molecular formula is C29H28N4O. The van der Waals surface area contributed by atoms with Crippen LogP contribution in [0.1, 0.15) is 18.4 Å². The minimum Gasteiger partial charge on any atom is -0.339 e. The average molecular weight is 449 g/mol. The van der Waals surface area contributed by atoms with E-state index in [9.17, 15) is 4.79 Å². The first-order chi connectivity index (χ1) is 16.7. The van der Waals surface area contributed by atoms with Crippen molar-refractivity contribution < 1.29 is 4.79 Å². The van der Waals surface area contributed by atoms with Crippen molar-refractivity contribution in [2.24, 2.45) is 0 Å².